The van der Waals surface area contributed by atoms with Gasteiger partial charge < -0.3 is 4.74 Å². The molecule has 0 aliphatic carbocycles. The number of benzene rings is 1. The molecule has 1 N–H and O–H groups in total. The number of hydrogen-bond donors (Lipinski definition) is 1. The van der Waals surface area contributed by atoms with Gasteiger partial charge in [0.2, 0.25) is 0 Å². The van der Waals surface area contributed by atoms with Crippen LogP contribution in [0, 0.1) is 5.82 Å². The van der Waals surface area contributed by atoms with Crippen LogP contribution < -0.4 is 5.43 Å². The summed E-state index contributed by atoms with van der Waals surface area (Å²) in [6.07, 6.45) is -0.621. The van der Waals surface area contributed by atoms with Gasteiger partial charge >= 0.3 is 6.09 Å². The molecule has 0 atom stereocenters. The van der Waals surface area contributed by atoms with Crippen LogP contribution in [0.5, 0.6) is 0 Å². The average Bonchev–Trinajstić information content (AvgIpc) is 2.24. The van der Waals surface area contributed by atoms with Crippen LogP contribution in [0.2, 0.25) is 0 Å². The minimum absolute atomic E-state index is 0.313. The fraction of sp³-hybridized carbons (Fsp3) is 0.385. The van der Waals surface area contributed by atoms with Gasteiger partial charge in [0.15, 0.2) is 0 Å². The van der Waals surface area contributed by atoms with Crippen molar-refractivity contribution in [3.8, 4) is 0 Å². The van der Waals surface area contributed by atoms with Crippen LogP contribution in [-0.2, 0) is 4.74 Å². The number of nitrogens with one attached hydrogen (secondary N) is 1. The highest BCUT2D eigenvalue weighted by molar-refractivity contribution is 5.98. The summed E-state index contributed by atoms with van der Waals surface area (Å²) in [5.74, 6) is -0.313. The van der Waals surface area contributed by atoms with Gasteiger partial charge in [-0.1, -0.05) is 12.1 Å². The molecule has 1 aromatic carbocycles. The summed E-state index contributed by atoms with van der Waals surface area (Å²) in [6.45, 7) is 7.01. The minimum atomic E-state index is -0.621. The average molecular weight is 252 g/mol. The van der Waals surface area contributed by atoms with E-state index < -0.39 is 11.7 Å². The van der Waals surface area contributed by atoms with Gasteiger partial charge in [-0.2, -0.15) is 5.10 Å². The molecule has 0 aliphatic heterocycles. The molecule has 0 aromatic heterocycles. The molecule has 98 valence electrons. The second-order valence-corrected chi connectivity index (χ2v) is 4.82. The van der Waals surface area contributed by atoms with Crippen LogP contribution in [-0.4, -0.2) is 17.4 Å². The molecule has 0 bridgehead atoms. The van der Waals surface area contributed by atoms with Gasteiger partial charge in [-0.05, 0) is 45.4 Å². The van der Waals surface area contributed by atoms with E-state index in [1.54, 1.807) is 39.8 Å². The molecular weight excluding hydrogens is 235 g/mol. The lowest BCUT2D eigenvalue weighted by Gasteiger charge is -2.18. The zero-order chi connectivity index (χ0) is 13.8. The Balaban J connectivity index is 2.62. The van der Waals surface area contributed by atoms with Crippen molar-refractivity contribution >= 4 is 11.8 Å². The lowest BCUT2D eigenvalue weighted by atomic mass is 10.1. The van der Waals surface area contributed by atoms with Crippen molar-refractivity contribution in [1.82, 2.24) is 5.43 Å². The molecule has 0 radical (unpaired) electrons. The molecule has 0 spiro atoms. The van der Waals surface area contributed by atoms with Crippen molar-refractivity contribution in [1.29, 1.82) is 0 Å². The van der Waals surface area contributed by atoms with E-state index in [0.717, 1.165) is 5.56 Å². The minimum Gasteiger partial charge on any atom is -0.443 e. The van der Waals surface area contributed by atoms with Crippen molar-refractivity contribution in [3.63, 3.8) is 0 Å². The maximum atomic E-state index is 12.7. The van der Waals surface area contributed by atoms with E-state index >= 15 is 0 Å². The van der Waals surface area contributed by atoms with Crippen LogP contribution in [0.4, 0.5) is 9.18 Å². The molecule has 0 aliphatic rings. The molecule has 1 rings (SSSR count). The number of carbonyl (C=O) groups is 1. The van der Waals surface area contributed by atoms with Crippen molar-refractivity contribution in [2.75, 3.05) is 0 Å². The van der Waals surface area contributed by atoms with E-state index in [9.17, 15) is 9.18 Å². The van der Waals surface area contributed by atoms with E-state index in [1.165, 1.54) is 12.1 Å². The second-order valence-electron chi connectivity index (χ2n) is 4.82. The van der Waals surface area contributed by atoms with Gasteiger partial charge in [0, 0.05) is 0 Å². The Kier molecular flexibility index (Phi) is 4.42. The van der Waals surface area contributed by atoms with Crippen LogP contribution in [0.1, 0.15) is 33.3 Å². The predicted molar refractivity (Wildman–Crippen MR) is 68.0 cm³/mol. The monoisotopic (exact) mass is 252 g/mol. The first-order chi connectivity index (χ1) is 8.28. The van der Waals surface area contributed by atoms with E-state index in [2.05, 4.69) is 10.5 Å². The summed E-state index contributed by atoms with van der Waals surface area (Å²) in [4.78, 5) is 11.3. The Morgan fingerprint density at radius 1 is 1.28 bits per heavy atom. The number of hydrogen-bond acceptors (Lipinski definition) is 3. The fourth-order valence-electron chi connectivity index (χ4n) is 1.19. The smallest absolute Gasteiger partial charge is 0.428 e. The normalized spacial score (nSPS) is 12.2. The molecule has 18 heavy (non-hydrogen) atoms. The third-order valence-electron chi connectivity index (χ3n) is 1.98. The van der Waals surface area contributed by atoms with Crippen LogP contribution >= 0.6 is 0 Å². The summed E-state index contributed by atoms with van der Waals surface area (Å²) >= 11 is 0. The molecule has 0 unspecified atom stereocenters. The molecular formula is C13H17FN2O2. The summed E-state index contributed by atoms with van der Waals surface area (Å²) in [5, 5.41) is 3.88. The van der Waals surface area contributed by atoms with Crippen molar-refractivity contribution in [2.24, 2.45) is 5.10 Å². The highest BCUT2D eigenvalue weighted by Crippen LogP contribution is 2.07. The highest BCUT2D eigenvalue weighted by Gasteiger charge is 2.15. The number of halogens is 1. The van der Waals surface area contributed by atoms with Gasteiger partial charge in [-0.25, -0.2) is 14.6 Å². The van der Waals surface area contributed by atoms with Crippen LogP contribution in [0.25, 0.3) is 0 Å². The summed E-state index contributed by atoms with van der Waals surface area (Å²) in [6, 6.07) is 5.85. The molecule has 0 fully saturated rings. The third kappa shape index (κ3) is 4.95. The maximum Gasteiger partial charge on any atom is 0.428 e. The Hall–Kier alpha value is -1.91. The first-order valence-electron chi connectivity index (χ1n) is 5.57. The quantitative estimate of drug-likeness (QED) is 0.649. The first kappa shape index (κ1) is 14.2. The summed E-state index contributed by atoms with van der Waals surface area (Å²) in [7, 11) is 0. The number of carbonyl (C=O) groups excluding carboxylic acids is 1. The largest absolute Gasteiger partial charge is 0.443 e. The fourth-order valence-corrected chi connectivity index (χ4v) is 1.19. The topological polar surface area (TPSA) is 50.7 Å². The number of nitrogens with zero attached hydrogens (tertiary/aromatic N) is 1. The van der Waals surface area contributed by atoms with Crippen molar-refractivity contribution in [2.45, 2.75) is 33.3 Å². The van der Waals surface area contributed by atoms with Gasteiger partial charge in [-0.15, -0.1) is 0 Å². The Morgan fingerprint density at radius 2 is 1.83 bits per heavy atom. The molecule has 1 amide bonds. The number of ether oxygens (including phenoxy) is 1. The zero-order valence-corrected chi connectivity index (χ0v) is 11.0. The Labute approximate surface area is 106 Å². The van der Waals surface area contributed by atoms with E-state index in [4.69, 9.17) is 4.74 Å². The van der Waals surface area contributed by atoms with Gasteiger partial charge in [0.25, 0.3) is 0 Å². The van der Waals surface area contributed by atoms with Gasteiger partial charge in [0.1, 0.15) is 11.4 Å². The molecule has 0 heterocycles. The van der Waals surface area contributed by atoms with Crippen molar-refractivity contribution < 1.29 is 13.9 Å². The highest BCUT2D eigenvalue weighted by atomic mass is 19.1. The van der Waals surface area contributed by atoms with Gasteiger partial charge in [-0.3, -0.25) is 0 Å². The summed E-state index contributed by atoms with van der Waals surface area (Å²) in [5.41, 5.74) is 3.02. The number of amides is 1. The zero-order valence-electron chi connectivity index (χ0n) is 11.0. The predicted octanol–water partition coefficient (Wildman–Crippen LogP) is 3.07. The second kappa shape index (κ2) is 5.62. The molecule has 0 saturated carbocycles. The molecule has 1 aromatic rings. The SMILES string of the molecule is CC(=NNC(=O)OC(C)(C)C)c1ccc(F)cc1. The first-order valence-corrected chi connectivity index (χ1v) is 5.57. The molecule has 4 nitrogen and oxygen atoms in total. The maximum absolute atomic E-state index is 12.7. The molecule has 0 saturated heterocycles. The Bertz CT molecular complexity index is 447. The lowest BCUT2D eigenvalue weighted by molar-refractivity contribution is 0.0529. The molecule has 5 heteroatoms. The van der Waals surface area contributed by atoms with E-state index in [0.29, 0.717) is 5.71 Å². The Morgan fingerprint density at radius 3 is 2.33 bits per heavy atom. The lowest BCUT2D eigenvalue weighted by Crippen LogP contribution is -2.30. The third-order valence-corrected chi connectivity index (χ3v) is 1.98. The summed E-state index contributed by atoms with van der Waals surface area (Å²) < 4.78 is 17.7. The van der Waals surface area contributed by atoms with E-state index in [1.807, 2.05) is 0 Å². The van der Waals surface area contributed by atoms with E-state index in [-0.39, 0.29) is 5.82 Å². The number of hydrazone groups is 1. The van der Waals surface area contributed by atoms with Crippen molar-refractivity contribution in [3.05, 3.63) is 35.6 Å². The van der Waals surface area contributed by atoms with Crippen LogP contribution in [0.3, 0.4) is 0 Å². The van der Waals surface area contributed by atoms with Gasteiger partial charge in [0.05, 0.1) is 5.71 Å². The number of rotatable bonds is 2. The van der Waals surface area contributed by atoms with Crippen LogP contribution in [0.15, 0.2) is 29.4 Å². The standard InChI is InChI=1S/C13H17FN2O2/c1-9(10-5-7-11(14)8-6-10)15-16-12(17)18-13(2,3)4/h5-8H,1-4H3,(H,16,17).